The van der Waals surface area contributed by atoms with Crippen LogP contribution < -0.4 is 5.73 Å². The summed E-state index contributed by atoms with van der Waals surface area (Å²) in [6.07, 6.45) is 5.12. The third-order valence-corrected chi connectivity index (χ3v) is 3.04. The fraction of sp³-hybridized carbons (Fsp3) is 0.0714. The number of aromatic nitrogens is 2. The quantitative estimate of drug-likeness (QED) is 0.717. The van der Waals surface area contributed by atoms with Crippen LogP contribution in [0.4, 0.5) is 10.1 Å². The van der Waals surface area contributed by atoms with Crippen LogP contribution in [0.25, 0.3) is 16.8 Å². The summed E-state index contributed by atoms with van der Waals surface area (Å²) in [5, 5.41) is 3.65. The van der Waals surface area contributed by atoms with Gasteiger partial charge in [-0.3, -0.25) is 0 Å². The molecule has 0 amide bonds. The number of nitrogens with two attached hydrogens (primary N) is 1. The predicted octanol–water partition coefficient (Wildman–Crippen LogP) is 3.16. The van der Waals surface area contributed by atoms with Gasteiger partial charge in [0.15, 0.2) is 0 Å². The van der Waals surface area contributed by atoms with E-state index in [0.717, 1.165) is 0 Å². The first-order valence-corrected chi connectivity index (χ1v) is 5.81. The lowest BCUT2D eigenvalue weighted by Gasteiger charge is -2.10. The first-order valence-electron chi connectivity index (χ1n) is 5.81. The molecule has 19 heavy (non-hydrogen) atoms. The molecule has 0 unspecified atom stereocenters. The van der Waals surface area contributed by atoms with Crippen LogP contribution >= 0.6 is 0 Å². The zero-order valence-corrected chi connectivity index (χ0v) is 10.3. The lowest BCUT2D eigenvalue weighted by molar-refractivity contribution is 0.398. The van der Waals surface area contributed by atoms with Gasteiger partial charge in [0.2, 0.25) is 0 Å². The topological polar surface area (TPSA) is 57.0 Å². The molecule has 0 atom stereocenters. The molecule has 2 heterocycles. The molecular weight excluding hydrogens is 245 g/mol. The molecule has 0 aliphatic carbocycles. The number of hydrogen-bond acceptors (Lipinski definition) is 3. The first-order chi connectivity index (χ1) is 9.16. The van der Waals surface area contributed by atoms with Gasteiger partial charge < -0.3 is 14.8 Å². The number of nitrogens with zero attached hydrogens (tertiary/aromatic N) is 2. The minimum Gasteiger partial charge on any atom is -0.397 e. The van der Waals surface area contributed by atoms with Gasteiger partial charge in [0.25, 0.3) is 0 Å². The SMILES string of the molecule is Cc1oncc1-c1cc(N)c(-n2cccc2)cc1F. The van der Waals surface area contributed by atoms with Crippen molar-refractivity contribution in [1.29, 1.82) is 0 Å². The lowest BCUT2D eigenvalue weighted by atomic mass is 10.0. The summed E-state index contributed by atoms with van der Waals surface area (Å²) in [5.41, 5.74) is 8.11. The van der Waals surface area contributed by atoms with Crippen LogP contribution in [0.2, 0.25) is 0 Å². The van der Waals surface area contributed by atoms with E-state index in [9.17, 15) is 4.39 Å². The molecule has 0 saturated carbocycles. The highest BCUT2D eigenvalue weighted by Gasteiger charge is 2.14. The fourth-order valence-electron chi connectivity index (χ4n) is 2.06. The smallest absolute Gasteiger partial charge is 0.141 e. The average Bonchev–Trinajstić information content (AvgIpc) is 3.03. The molecule has 0 spiro atoms. The van der Waals surface area contributed by atoms with Gasteiger partial charge in [0.1, 0.15) is 11.6 Å². The number of halogens is 1. The molecule has 4 nitrogen and oxygen atoms in total. The zero-order chi connectivity index (χ0) is 13.4. The first kappa shape index (κ1) is 11.5. The Hall–Kier alpha value is -2.56. The fourth-order valence-corrected chi connectivity index (χ4v) is 2.06. The number of benzene rings is 1. The van der Waals surface area contributed by atoms with Crippen molar-refractivity contribution in [3.05, 3.63) is 54.4 Å². The van der Waals surface area contributed by atoms with Crippen LogP contribution in [-0.2, 0) is 0 Å². The number of anilines is 1. The second-order valence-electron chi connectivity index (χ2n) is 4.28. The van der Waals surface area contributed by atoms with E-state index < -0.39 is 0 Å². The maximum Gasteiger partial charge on any atom is 0.141 e. The minimum atomic E-state index is -0.357. The van der Waals surface area contributed by atoms with Crippen molar-refractivity contribution < 1.29 is 8.91 Å². The van der Waals surface area contributed by atoms with Gasteiger partial charge >= 0.3 is 0 Å². The molecule has 96 valence electrons. The Morgan fingerprint density at radius 3 is 2.58 bits per heavy atom. The van der Waals surface area contributed by atoms with Crippen molar-refractivity contribution in [2.45, 2.75) is 6.92 Å². The van der Waals surface area contributed by atoms with Gasteiger partial charge in [-0.2, -0.15) is 0 Å². The Kier molecular flexibility index (Phi) is 2.59. The van der Waals surface area contributed by atoms with Crippen LogP contribution in [0.1, 0.15) is 5.76 Å². The number of aryl methyl sites for hydroxylation is 1. The highest BCUT2D eigenvalue weighted by atomic mass is 19.1. The van der Waals surface area contributed by atoms with E-state index in [1.165, 1.54) is 12.3 Å². The Bertz CT molecular complexity index is 716. The Morgan fingerprint density at radius 2 is 1.95 bits per heavy atom. The molecular formula is C14H12FN3O. The van der Waals surface area contributed by atoms with Crippen LogP contribution in [0.15, 0.2) is 47.4 Å². The Morgan fingerprint density at radius 1 is 1.21 bits per heavy atom. The molecule has 0 bridgehead atoms. The third-order valence-electron chi connectivity index (χ3n) is 3.04. The van der Waals surface area contributed by atoms with Crippen molar-refractivity contribution in [3.63, 3.8) is 0 Å². The standard InChI is InChI=1S/C14H12FN3O/c1-9-11(8-17-19-9)10-6-13(16)14(7-12(10)15)18-4-2-3-5-18/h2-8H,16H2,1H3. The van der Waals surface area contributed by atoms with Crippen LogP contribution in [-0.4, -0.2) is 9.72 Å². The van der Waals surface area contributed by atoms with Crippen LogP contribution in [0.3, 0.4) is 0 Å². The molecule has 2 N–H and O–H groups in total. The van der Waals surface area contributed by atoms with Crippen molar-refractivity contribution in [2.24, 2.45) is 0 Å². The third kappa shape index (κ3) is 1.89. The summed E-state index contributed by atoms with van der Waals surface area (Å²) >= 11 is 0. The minimum absolute atomic E-state index is 0.357. The Balaban J connectivity index is 2.16. The molecule has 0 saturated heterocycles. The molecule has 0 aliphatic rings. The molecule has 1 aromatic carbocycles. The summed E-state index contributed by atoms with van der Waals surface area (Å²) in [6, 6.07) is 6.73. The average molecular weight is 257 g/mol. The van der Waals surface area contributed by atoms with E-state index in [4.69, 9.17) is 10.3 Å². The molecule has 5 heteroatoms. The van der Waals surface area contributed by atoms with Gasteiger partial charge in [-0.1, -0.05) is 5.16 Å². The van der Waals surface area contributed by atoms with Crippen molar-refractivity contribution in [3.8, 4) is 16.8 Å². The maximum atomic E-state index is 14.2. The van der Waals surface area contributed by atoms with E-state index in [1.807, 2.05) is 24.5 Å². The Labute approximate surface area is 109 Å². The van der Waals surface area contributed by atoms with Crippen molar-refractivity contribution in [1.82, 2.24) is 9.72 Å². The largest absolute Gasteiger partial charge is 0.397 e. The monoisotopic (exact) mass is 257 g/mol. The van der Waals surface area contributed by atoms with Gasteiger partial charge in [0.05, 0.1) is 17.6 Å². The van der Waals surface area contributed by atoms with E-state index in [1.54, 1.807) is 17.6 Å². The number of hydrogen-bond donors (Lipinski definition) is 1. The summed E-state index contributed by atoms with van der Waals surface area (Å²) in [5.74, 6) is 0.205. The molecule has 0 aliphatic heterocycles. The molecule has 3 aromatic rings. The second-order valence-corrected chi connectivity index (χ2v) is 4.28. The highest BCUT2D eigenvalue weighted by molar-refractivity contribution is 5.73. The van der Waals surface area contributed by atoms with E-state index in [0.29, 0.717) is 28.3 Å². The summed E-state index contributed by atoms with van der Waals surface area (Å²) in [7, 11) is 0. The normalized spacial score (nSPS) is 10.8. The van der Waals surface area contributed by atoms with E-state index in [2.05, 4.69) is 5.16 Å². The highest BCUT2D eigenvalue weighted by Crippen LogP contribution is 2.31. The second kappa shape index (κ2) is 4.28. The van der Waals surface area contributed by atoms with Gasteiger partial charge in [-0.25, -0.2) is 4.39 Å². The summed E-state index contributed by atoms with van der Waals surface area (Å²) in [6.45, 7) is 1.73. The lowest BCUT2D eigenvalue weighted by Crippen LogP contribution is -2.00. The van der Waals surface area contributed by atoms with E-state index >= 15 is 0 Å². The number of rotatable bonds is 2. The maximum absolute atomic E-state index is 14.2. The van der Waals surface area contributed by atoms with E-state index in [-0.39, 0.29) is 5.82 Å². The number of nitrogen functional groups attached to an aromatic ring is 1. The van der Waals surface area contributed by atoms with Crippen molar-refractivity contribution in [2.75, 3.05) is 5.73 Å². The van der Waals surface area contributed by atoms with Crippen LogP contribution in [0.5, 0.6) is 0 Å². The van der Waals surface area contributed by atoms with Crippen LogP contribution in [0, 0.1) is 12.7 Å². The molecule has 0 fully saturated rings. The molecule has 3 rings (SSSR count). The summed E-state index contributed by atoms with van der Waals surface area (Å²) < 4.78 is 20.9. The molecule has 0 radical (unpaired) electrons. The predicted molar refractivity (Wildman–Crippen MR) is 70.4 cm³/mol. The van der Waals surface area contributed by atoms with Gasteiger partial charge in [0, 0.05) is 29.6 Å². The summed E-state index contributed by atoms with van der Waals surface area (Å²) in [4.78, 5) is 0. The zero-order valence-electron chi connectivity index (χ0n) is 10.3. The molecule has 2 aromatic heterocycles. The van der Waals surface area contributed by atoms with Gasteiger partial charge in [-0.05, 0) is 25.1 Å². The van der Waals surface area contributed by atoms with Gasteiger partial charge in [-0.15, -0.1) is 0 Å². The van der Waals surface area contributed by atoms with Crippen molar-refractivity contribution >= 4 is 5.69 Å².